The fourth-order valence-electron chi connectivity index (χ4n) is 3.55. The molecule has 0 saturated carbocycles. The van der Waals surface area contributed by atoms with Gasteiger partial charge in [-0.2, -0.15) is 0 Å². The molecule has 1 aliphatic heterocycles. The topological polar surface area (TPSA) is 50.8 Å². The van der Waals surface area contributed by atoms with Crippen LogP contribution in [0.1, 0.15) is 37.4 Å². The number of fused-ring (bicyclic) bond motifs is 1. The Morgan fingerprint density at radius 3 is 2.73 bits per heavy atom. The number of ether oxygens (including phenoxy) is 2. The first-order valence-electron chi connectivity index (χ1n) is 7.95. The Balaban J connectivity index is 1.69. The molecule has 0 radical (unpaired) electrons. The SMILES string of the molecule is COc1cccc2c1CC[C@@H]2NC(=O)N1C[C@H](C)O[C@@H](C)C1. The predicted molar refractivity (Wildman–Crippen MR) is 84.2 cm³/mol. The minimum atomic E-state index is 0.00247. The van der Waals surface area contributed by atoms with Crippen LogP contribution >= 0.6 is 0 Å². The zero-order valence-corrected chi connectivity index (χ0v) is 13.5. The Bertz CT molecular complexity index is 551. The third kappa shape index (κ3) is 2.90. The summed E-state index contributed by atoms with van der Waals surface area (Å²) in [7, 11) is 1.69. The number of nitrogens with zero attached hydrogens (tertiary/aromatic N) is 1. The van der Waals surface area contributed by atoms with E-state index in [1.165, 1.54) is 11.1 Å². The number of urea groups is 1. The highest BCUT2D eigenvalue weighted by atomic mass is 16.5. The third-order valence-corrected chi connectivity index (χ3v) is 4.45. The van der Waals surface area contributed by atoms with Crippen molar-refractivity contribution in [2.45, 2.75) is 44.9 Å². The molecule has 3 rings (SSSR count). The van der Waals surface area contributed by atoms with E-state index in [9.17, 15) is 4.79 Å². The standard InChI is InChI=1S/C17H24N2O3/c1-11-9-19(10-12(2)22-11)17(20)18-15-8-7-14-13(15)5-4-6-16(14)21-3/h4-6,11-12,15H,7-10H2,1-3H3,(H,18,20)/t11-,12-,15-/m0/s1. The lowest BCUT2D eigenvalue weighted by atomic mass is 10.1. The summed E-state index contributed by atoms with van der Waals surface area (Å²) in [5.74, 6) is 0.919. The maximum atomic E-state index is 12.5. The highest BCUT2D eigenvalue weighted by molar-refractivity contribution is 5.75. The Hall–Kier alpha value is -1.75. The van der Waals surface area contributed by atoms with Gasteiger partial charge in [0.05, 0.1) is 25.4 Å². The molecule has 0 unspecified atom stereocenters. The fourth-order valence-corrected chi connectivity index (χ4v) is 3.55. The number of carbonyl (C=O) groups excluding carboxylic acids is 1. The molecule has 1 aromatic carbocycles. The summed E-state index contributed by atoms with van der Waals surface area (Å²) in [5, 5.41) is 3.17. The minimum absolute atomic E-state index is 0.00247. The van der Waals surface area contributed by atoms with E-state index in [1.807, 2.05) is 30.9 Å². The van der Waals surface area contributed by atoms with Gasteiger partial charge in [0.1, 0.15) is 5.75 Å². The molecule has 120 valence electrons. The van der Waals surface area contributed by atoms with Crippen molar-refractivity contribution in [3.8, 4) is 5.75 Å². The van der Waals surface area contributed by atoms with E-state index in [0.29, 0.717) is 13.1 Å². The first-order chi connectivity index (χ1) is 10.6. The molecule has 1 aliphatic carbocycles. The van der Waals surface area contributed by atoms with Gasteiger partial charge in [0, 0.05) is 13.1 Å². The molecular formula is C17H24N2O3. The normalized spacial score (nSPS) is 27.4. The van der Waals surface area contributed by atoms with Gasteiger partial charge in [0.25, 0.3) is 0 Å². The first-order valence-corrected chi connectivity index (χ1v) is 7.95. The van der Waals surface area contributed by atoms with Crippen LogP contribution in [0.25, 0.3) is 0 Å². The van der Waals surface area contributed by atoms with Crippen LogP contribution in [0.15, 0.2) is 18.2 Å². The molecule has 5 nitrogen and oxygen atoms in total. The maximum Gasteiger partial charge on any atom is 0.318 e. The van der Waals surface area contributed by atoms with Gasteiger partial charge in [-0.15, -0.1) is 0 Å². The van der Waals surface area contributed by atoms with Crippen molar-refractivity contribution in [2.24, 2.45) is 0 Å². The number of rotatable bonds is 2. The van der Waals surface area contributed by atoms with Crippen molar-refractivity contribution in [3.05, 3.63) is 29.3 Å². The van der Waals surface area contributed by atoms with Crippen molar-refractivity contribution < 1.29 is 14.3 Å². The molecule has 1 N–H and O–H groups in total. The van der Waals surface area contributed by atoms with Crippen LogP contribution in [-0.4, -0.2) is 43.3 Å². The molecule has 0 spiro atoms. The van der Waals surface area contributed by atoms with Crippen LogP contribution in [0.4, 0.5) is 4.79 Å². The van der Waals surface area contributed by atoms with E-state index in [-0.39, 0.29) is 24.3 Å². The lowest BCUT2D eigenvalue weighted by Crippen LogP contribution is -2.52. The van der Waals surface area contributed by atoms with Crippen LogP contribution in [0.2, 0.25) is 0 Å². The fraction of sp³-hybridized carbons (Fsp3) is 0.588. The van der Waals surface area contributed by atoms with Crippen LogP contribution < -0.4 is 10.1 Å². The van der Waals surface area contributed by atoms with Crippen LogP contribution in [-0.2, 0) is 11.2 Å². The number of benzene rings is 1. The van der Waals surface area contributed by atoms with Gasteiger partial charge in [-0.1, -0.05) is 12.1 Å². The van der Waals surface area contributed by atoms with Gasteiger partial charge in [0.2, 0.25) is 0 Å². The predicted octanol–water partition coefficient (Wildman–Crippen LogP) is 2.50. The van der Waals surface area contributed by atoms with Gasteiger partial charge < -0.3 is 19.7 Å². The molecule has 0 aromatic heterocycles. The molecule has 1 heterocycles. The number of hydrogen-bond donors (Lipinski definition) is 1. The average Bonchev–Trinajstić information content (AvgIpc) is 2.89. The zero-order valence-electron chi connectivity index (χ0n) is 13.5. The van der Waals surface area contributed by atoms with Crippen molar-refractivity contribution in [2.75, 3.05) is 20.2 Å². The second-order valence-electron chi connectivity index (χ2n) is 6.23. The van der Waals surface area contributed by atoms with Crippen LogP contribution in [0.3, 0.4) is 0 Å². The summed E-state index contributed by atoms with van der Waals surface area (Å²) >= 11 is 0. The highest BCUT2D eigenvalue weighted by Crippen LogP contribution is 2.36. The molecule has 1 saturated heterocycles. The van der Waals surface area contributed by atoms with Crippen LogP contribution in [0, 0.1) is 0 Å². The summed E-state index contributed by atoms with van der Waals surface area (Å²) < 4.78 is 11.1. The third-order valence-electron chi connectivity index (χ3n) is 4.45. The second kappa shape index (κ2) is 6.16. The smallest absolute Gasteiger partial charge is 0.318 e. The van der Waals surface area contributed by atoms with E-state index < -0.39 is 0 Å². The first kappa shape index (κ1) is 15.2. The molecule has 3 atom stereocenters. The Labute approximate surface area is 131 Å². The molecule has 1 fully saturated rings. The highest BCUT2D eigenvalue weighted by Gasteiger charge is 2.30. The molecule has 1 aromatic rings. The zero-order chi connectivity index (χ0) is 15.7. The molecule has 0 bridgehead atoms. The number of nitrogens with one attached hydrogen (secondary N) is 1. The summed E-state index contributed by atoms with van der Waals surface area (Å²) in [6.45, 7) is 5.30. The second-order valence-corrected chi connectivity index (χ2v) is 6.23. The van der Waals surface area contributed by atoms with Gasteiger partial charge in [-0.25, -0.2) is 4.79 Å². The van der Waals surface area contributed by atoms with Gasteiger partial charge in [0.15, 0.2) is 0 Å². The monoisotopic (exact) mass is 304 g/mol. The summed E-state index contributed by atoms with van der Waals surface area (Å²) in [5.41, 5.74) is 2.40. The van der Waals surface area contributed by atoms with Crippen molar-refractivity contribution in [1.82, 2.24) is 10.2 Å². The summed E-state index contributed by atoms with van der Waals surface area (Å²) in [6.07, 6.45) is 2.05. The van der Waals surface area contributed by atoms with Crippen molar-refractivity contribution >= 4 is 6.03 Å². The van der Waals surface area contributed by atoms with Crippen LogP contribution in [0.5, 0.6) is 5.75 Å². The van der Waals surface area contributed by atoms with E-state index in [4.69, 9.17) is 9.47 Å². The largest absolute Gasteiger partial charge is 0.496 e. The minimum Gasteiger partial charge on any atom is -0.496 e. The lowest BCUT2D eigenvalue weighted by molar-refractivity contribution is -0.0547. The number of hydrogen-bond acceptors (Lipinski definition) is 3. The average molecular weight is 304 g/mol. The molecule has 2 aliphatic rings. The van der Waals surface area contributed by atoms with Gasteiger partial charge in [-0.3, -0.25) is 0 Å². The van der Waals surface area contributed by atoms with E-state index in [1.54, 1.807) is 7.11 Å². The summed E-state index contributed by atoms with van der Waals surface area (Å²) in [6, 6.07) is 6.13. The number of methoxy groups -OCH3 is 1. The number of amides is 2. The van der Waals surface area contributed by atoms with E-state index in [2.05, 4.69) is 11.4 Å². The Morgan fingerprint density at radius 2 is 2.05 bits per heavy atom. The Kier molecular flexibility index (Phi) is 4.25. The molecule has 2 amide bonds. The molecule has 22 heavy (non-hydrogen) atoms. The molecular weight excluding hydrogens is 280 g/mol. The maximum absolute atomic E-state index is 12.5. The lowest BCUT2D eigenvalue weighted by Gasteiger charge is -2.36. The summed E-state index contributed by atoms with van der Waals surface area (Å²) in [4.78, 5) is 14.4. The Morgan fingerprint density at radius 1 is 1.32 bits per heavy atom. The van der Waals surface area contributed by atoms with Crippen molar-refractivity contribution in [3.63, 3.8) is 0 Å². The van der Waals surface area contributed by atoms with Crippen molar-refractivity contribution in [1.29, 1.82) is 0 Å². The van der Waals surface area contributed by atoms with Gasteiger partial charge in [-0.05, 0) is 43.9 Å². The number of carbonyl (C=O) groups is 1. The number of morpholine rings is 1. The van der Waals surface area contributed by atoms with E-state index >= 15 is 0 Å². The van der Waals surface area contributed by atoms with E-state index in [0.717, 1.165) is 18.6 Å². The quantitative estimate of drug-likeness (QED) is 0.913. The molecule has 5 heteroatoms. The van der Waals surface area contributed by atoms with Gasteiger partial charge >= 0.3 is 6.03 Å².